The zero-order valence-electron chi connectivity index (χ0n) is 25.7. The molecule has 0 unspecified atom stereocenters. The molecule has 5 rings (SSSR count). The third kappa shape index (κ3) is 8.57. The van der Waals surface area contributed by atoms with E-state index in [0.717, 1.165) is 58.1 Å². The maximum Gasteiger partial charge on any atom is 0.343 e. The standard InChI is InChI=1S/C25H24O5.C12H9NO3/c1-4-29-21-14-10-20(11-15-21)25(26)30-22-12-7-18(8-13-22)5-6-19-9-16-23(27-2)24(17-19)28-3;1-8-4-11(13(15)16)6-10-5-9(7-14)2-3-12(8)10/h4,7-17H,1,5-6H2,2-3H3;2-7H,1H3. The topological polar surface area (TPSA) is 114 Å². The number of carbonyl (C=O) groups is 2. The van der Waals surface area contributed by atoms with Gasteiger partial charge in [0.05, 0.1) is 31.0 Å². The van der Waals surface area contributed by atoms with Crippen molar-refractivity contribution in [3.63, 3.8) is 0 Å². The van der Waals surface area contributed by atoms with E-state index in [9.17, 15) is 19.7 Å². The Morgan fingerprint density at radius 3 is 2.09 bits per heavy atom. The summed E-state index contributed by atoms with van der Waals surface area (Å²) in [5.41, 5.74) is 4.16. The fourth-order valence-electron chi connectivity index (χ4n) is 4.72. The maximum absolute atomic E-state index is 12.3. The zero-order chi connectivity index (χ0) is 33.1. The number of rotatable bonds is 11. The van der Waals surface area contributed by atoms with E-state index in [4.69, 9.17) is 18.9 Å². The van der Waals surface area contributed by atoms with Gasteiger partial charge in [-0.1, -0.05) is 36.9 Å². The summed E-state index contributed by atoms with van der Waals surface area (Å²) in [6, 6.07) is 28.3. The molecule has 0 saturated carbocycles. The zero-order valence-corrected chi connectivity index (χ0v) is 25.7. The van der Waals surface area contributed by atoms with Crippen LogP contribution in [0, 0.1) is 17.0 Å². The van der Waals surface area contributed by atoms with Crippen LogP contribution in [0.4, 0.5) is 5.69 Å². The molecule has 5 aromatic carbocycles. The number of nitro benzene ring substituents is 1. The highest BCUT2D eigenvalue weighted by molar-refractivity contribution is 5.92. The van der Waals surface area contributed by atoms with Crippen molar-refractivity contribution in [3.8, 4) is 23.0 Å². The molecule has 46 heavy (non-hydrogen) atoms. The SMILES string of the molecule is C=COc1ccc(C(=O)Oc2ccc(CCc3ccc(OC)c(OC)c3)cc2)cc1.Cc1cc([N+](=O)[O-])cc2cc(C=O)ccc12. The Hall–Kier alpha value is -5.96. The summed E-state index contributed by atoms with van der Waals surface area (Å²) >= 11 is 0. The number of nitro groups is 1. The van der Waals surface area contributed by atoms with E-state index in [0.29, 0.717) is 22.6 Å². The molecule has 0 aliphatic heterocycles. The lowest BCUT2D eigenvalue weighted by atomic mass is 10.0. The molecular weight excluding hydrogens is 586 g/mol. The highest BCUT2D eigenvalue weighted by Gasteiger charge is 2.11. The summed E-state index contributed by atoms with van der Waals surface area (Å²) in [5, 5.41) is 12.3. The molecule has 0 heterocycles. The molecule has 0 spiro atoms. The van der Waals surface area contributed by atoms with Crippen LogP contribution in [0.3, 0.4) is 0 Å². The number of esters is 1. The van der Waals surface area contributed by atoms with Crippen LogP contribution in [-0.2, 0) is 12.8 Å². The first-order valence-corrected chi connectivity index (χ1v) is 14.3. The molecule has 0 aromatic heterocycles. The summed E-state index contributed by atoms with van der Waals surface area (Å²) in [6.45, 7) is 5.31. The first-order chi connectivity index (χ1) is 22.2. The molecular formula is C37H33NO8. The van der Waals surface area contributed by atoms with Crippen LogP contribution in [0.1, 0.15) is 37.4 Å². The van der Waals surface area contributed by atoms with Gasteiger partial charge < -0.3 is 18.9 Å². The summed E-state index contributed by atoms with van der Waals surface area (Å²) in [6.07, 6.45) is 3.78. The molecule has 0 bridgehead atoms. The monoisotopic (exact) mass is 619 g/mol. The highest BCUT2D eigenvalue weighted by atomic mass is 16.6. The van der Waals surface area contributed by atoms with Crippen molar-refractivity contribution in [2.75, 3.05) is 14.2 Å². The Balaban J connectivity index is 0.000000252. The van der Waals surface area contributed by atoms with E-state index < -0.39 is 10.9 Å². The van der Waals surface area contributed by atoms with Gasteiger partial charge in [-0.25, -0.2) is 4.79 Å². The highest BCUT2D eigenvalue weighted by Crippen LogP contribution is 2.28. The lowest BCUT2D eigenvalue weighted by Gasteiger charge is -2.10. The van der Waals surface area contributed by atoms with Crippen LogP contribution < -0.4 is 18.9 Å². The second-order valence-electron chi connectivity index (χ2n) is 10.1. The molecule has 0 aliphatic rings. The Labute approximate surface area is 266 Å². The van der Waals surface area contributed by atoms with Gasteiger partial charge in [-0.2, -0.15) is 0 Å². The average Bonchev–Trinajstić information content (AvgIpc) is 3.08. The number of non-ortho nitro benzene ring substituents is 1. The Kier molecular flexibility index (Phi) is 11.2. The van der Waals surface area contributed by atoms with Crippen molar-refractivity contribution in [2.45, 2.75) is 19.8 Å². The maximum atomic E-state index is 12.3. The third-order valence-corrected chi connectivity index (χ3v) is 7.11. The van der Waals surface area contributed by atoms with Crippen molar-refractivity contribution in [1.29, 1.82) is 0 Å². The van der Waals surface area contributed by atoms with E-state index in [2.05, 4.69) is 6.58 Å². The lowest BCUT2D eigenvalue weighted by molar-refractivity contribution is -0.384. The van der Waals surface area contributed by atoms with Gasteiger partial charge in [0, 0.05) is 17.7 Å². The van der Waals surface area contributed by atoms with Gasteiger partial charge >= 0.3 is 5.97 Å². The number of hydrogen-bond donors (Lipinski definition) is 0. The Morgan fingerprint density at radius 2 is 1.46 bits per heavy atom. The number of aryl methyl sites for hydroxylation is 3. The largest absolute Gasteiger partial charge is 0.493 e. The van der Waals surface area contributed by atoms with Crippen LogP contribution >= 0.6 is 0 Å². The second-order valence-corrected chi connectivity index (χ2v) is 10.1. The number of aldehydes is 1. The first-order valence-electron chi connectivity index (χ1n) is 14.3. The average molecular weight is 620 g/mol. The number of benzene rings is 5. The van der Waals surface area contributed by atoms with Crippen molar-refractivity contribution < 1.29 is 33.5 Å². The normalized spacial score (nSPS) is 10.2. The quantitative estimate of drug-likeness (QED) is 0.0364. The molecule has 0 atom stereocenters. The van der Waals surface area contributed by atoms with E-state index in [1.165, 1.54) is 18.4 Å². The molecule has 0 aliphatic carbocycles. The van der Waals surface area contributed by atoms with Gasteiger partial charge in [0.15, 0.2) is 11.5 Å². The molecule has 5 aromatic rings. The minimum absolute atomic E-state index is 0.0491. The van der Waals surface area contributed by atoms with Crippen LogP contribution in [0.15, 0.2) is 110 Å². The number of carbonyl (C=O) groups excluding carboxylic acids is 2. The summed E-state index contributed by atoms with van der Waals surface area (Å²) in [4.78, 5) is 33.2. The predicted octanol–water partition coefficient (Wildman–Crippen LogP) is 8.10. The predicted molar refractivity (Wildman–Crippen MR) is 176 cm³/mol. The van der Waals surface area contributed by atoms with Gasteiger partial charge in [-0.15, -0.1) is 0 Å². The van der Waals surface area contributed by atoms with Crippen molar-refractivity contribution >= 4 is 28.7 Å². The van der Waals surface area contributed by atoms with Crippen LogP contribution in [0.5, 0.6) is 23.0 Å². The van der Waals surface area contributed by atoms with E-state index in [1.807, 2.05) is 37.3 Å². The van der Waals surface area contributed by atoms with E-state index in [-0.39, 0.29) is 5.69 Å². The van der Waals surface area contributed by atoms with Gasteiger partial charge in [0.25, 0.3) is 5.69 Å². The van der Waals surface area contributed by atoms with Gasteiger partial charge in [0.2, 0.25) is 0 Å². The van der Waals surface area contributed by atoms with Gasteiger partial charge in [-0.05, 0) is 102 Å². The number of hydrogen-bond acceptors (Lipinski definition) is 8. The van der Waals surface area contributed by atoms with Gasteiger partial charge in [-0.3, -0.25) is 14.9 Å². The minimum atomic E-state index is -0.431. The molecule has 9 nitrogen and oxygen atoms in total. The summed E-state index contributed by atoms with van der Waals surface area (Å²) < 4.78 is 21.2. The number of methoxy groups -OCH3 is 2. The number of nitrogens with zero attached hydrogens (tertiary/aromatic N) is 1. The molecule has 0 fully saturated rings. The third-order valence-electron chi connectivity index (χ3n) is 7.11. The van der Waals surface area contributed by atoms with E-state index >= 15 is 0 Å². The first kappa shape index (κ1) is 32.9. The molecule has 0 saturated heterocycles. The van der Waals surface area contributed by atoms with Crippen LogP contribution in [0.25, 0.3) is 10.8 Å². The molecule has 9 heteroatoms. The molecule has 234 valence electrons. The Bertz CT molecular complexity index is 1850. The van der Waals surface area contributed by atoms with E-state index in [1.54, 1.807) is 68.8 Å². The fourth-order valence-corrected chi connectivity index (χ4v) is 4.72. The molecule has 0 N–H and O–H groups in total. The number of fused-ring (bicyclic) bond motifs is 1. The van der Waals surface area contributed by atoms with Crippen molar-refractivity contribution in [3.05, 3.63) is 148 Å². The lowest BCUT2D eigenvalue weighted by Crippen LogP contribution is -2.08. The van der Waals surface area contributed by atoms with Crippen molar-refractivity contribution in [1.82, 2.24) is 0 Å². The number of ether oxygens (including phenoxy) is 4. The van der Waals surface area contributed by atoms with Crippen LogP contribution in [0.2, 0.25) is 0 Å². The smallest absolute Gasteiger partial charge is 0.343 e. The summed E-state index contributed by atoms with van der Waals surface area (Å²) in [7, 11) is 3.25. The molecule has 0 amide bonds. The van der Waals surface area contributed by atoms with Crippen molar-refractivity contribution in [2.24, 2.45) is 0 Å². The minimum Gasteiger partial charge on any atom is -0.493 e. The fraction of sp³-hybridized carbons (Fsp3) is 0.135. The second kappa shape index (κ2) is 15.7. The van der Waals surface area contributed by atoms with Crippen LogP contribution in [-0.4, -0.2) is 31.4 Å². The molecule has 0 radical (unpaired) electrons. The van der Waals surface area contributed by atoms with Gasteiger partial charge in [0.1, 0.15) is 17.8 Å². The Morgan fingerprint density at radius 1 is 0.804 bits per heavy atom. The summed E-state index contributed by atoms with van der Waals surface area (Å²) in [5.74, 6) is 2.14.